The summed E-state index contributed by atoms with van der Waals surface area (Å²) in [4.78, 5) is 0. The zero-order chi connectivity index (χ0) is 5.70. The summed E-state index contributed by atoms with van der Waals surface area (Å²) in [5, 5.41) is 3.07. The van der Waals surface area contributed by atoms with Gasteiger partial charge in [-0.2, -0.15) is 0 Å². The molecule has 0 aromatic carbocycles. The van der Waals surface area contributed by atoms with Crippen LogP contribution < -0.4 is 5.32 Å². The maximum atomic E-state index is 4.88. The molecule has 2 heteroatoms. The molecule has 0 aromatic heterocycles. The van der Waals surface area contributed by atoms with Gasteiger partial charge in [0.15, 0.2) is 0 Å². The normalized spacial score (nSPS) is 14.1. The van der Waals surface area contributed by atoms with Gasteiger partial charge in [0.05, 0.1) is 0 Å². The van der Waals surface area contributed by atoms with Gasteiger partial charge in [-0.1, -0.05) is 6.92 Å². The van der Waals surface area contributed by atoms with E-state index in [0.29, 0.717) is 0 Å². The van der Waals surface area contributed by atoms with E-state index in [1.807, 2.05) is 6.92 Å². The zero-order valence-electron chi connectivity index (χ0n) is 5.19. The summed E-state index contributed by atoms with van der Waals surface area (Å²) in [7, 11) is 1.69. The fraction of sp³-hybridized carbons (Fsp3) is 1.00. The van der Waals surface area contributed by atoms with Crippen LogP contribution in [0.15, 0.2) is 0 Å². The second kappa shape index (κ2) is 4.09. The molecule has 0 saturated heterocycles. The fourth-order valence-electron chi connectivity index (χ4n) is 0.371. The van der Waals surface area contributed by atoms with Gasteiger partial charge in [0, 0.05) is 7.11 Å². The molecule has 2 nitrogen and oxygen atoms in total. The van der Waals surface area contributed by atoms with Gasteiger partial charge in [-0.05, 0) is 13.5 Å². The van der Waals surface area contributed by atoms with Gasteiger partial charge < -0.3 is 4.74 Å². The predicted octanol–water partition coefficient (Wildman–Crippen LogP) is 0.588. The molecule has 0 aliphatic carbocycles. The lowest BCUT2D eigenvalue weighted by molar-refractivity contribution is 0.0912. The Morgan fingerprint density at radius 3 is 2.43 bits per heavy atom. The van der Waals surface area contributed by atoms with Gasteiger partial charge in [0.25, 0.3) is 0 Å². The highest BCUT2D eigenvalue weighted by Gasteiger charge is 1.89. The lowest BCUT2D eigenvalue weighted by atomic mass is 10.6. The van der Waals surface area contributed by atoms with Crippen molar-refractivity contribution < 1.29 is 4.74 Å². The molecule has 0 rings (SSSR count). The monoisotopic (exact) mass is 103 g/mol. The Labute approximate surface area is 44.9 Å². The second-order valence-electron chi connectivity index (χ2n) is 1.44. The van der Waals surface area contributed by atoms with Crippen LogP contribution in [0.1, 0.15) is 13.8 Å². The van der Waals surface area contributed by atoms with Crippen LogP contribution in [0.5, 0.6) is 0 Å². The van der Waals surface area contributed by atoms with E-state index < -0.39 is 0 Å². The van der Waals surface area contributed by atoms with Crippen LogP contribution in [0.2, 0.25) is 0 Å². The van der Waals surface area contributed by atoms with Crippen molar-refractivity contribution in [3.05, 3.63) is 0 Å². The summed E-state index contributed by atoms with van der Waals surface area (Å²) in [6.45, 7) is 4.99. The lowest BCUT2D eigenvalue weighted by Gasteiger charge is -2.07. The SMILES string of the molecule is CCNC(C)OC. The summed E-state index contributed by atoms with van der Waals surface area (Å²) < 4.78 is 4.88. The zero-order valence-corrected chi connectivity index (χ0v) is 5.19. The summed E-state index contributed by atoms with van der Waals surface area (Å²) in [6.07, 6.45) is 0.199. The highest BCUT2D eigenvalue weighted by Crippen LogP contribution is 1.76. The van der Waals surface area contributed by atoms with Gasteiger partial charge in [-0.15, -0.1) is 0 Å². The Balaban J connectivity index is 2.83. The molecular weight excluding hydrogens is 90.1 g/mol. The van der Waals surface area contributed by atoms with Gasteiger partial charge in [-0.25, -0.2) is 0 Å². The van der Waals surface area contributed by atoms with Gasteiger partial charge in [0.2, 0.25) is 0 Å². The first kappa shape index (κ1) is 6.92. The van der Waals surface area contributed by atoms with E-state index in [2.05, 4.69) is 12.2 Å². The molecule has 0 aliphatic rings. The third-order valence-corrected chi connectivity index (χ3v) is 0.845. The third-order valence-electron chi connectivity index (χ3n) is 0.845. The molecule has 0 fully saturated rings. The second-order valence-corrected chi connectivity index (χ2v) is 1.44. The summed E-state index contributed by atoms with van der Waals surface area (Å²) in [5.41, 5.74) is 0. The van der Waals surface area contributed by atoms with E-state index in [1.54, 1.807) is 7.11 Å². The van der Waals surface area contributed by atoms with Crippen molar-refractivity contribution in [2.45, 2.75) is 20.1 Å². The number of nitrogens with one attached hydrogen (secondary N) is 1. The fourth-order valence-corrected chi connectivity index (χ4v) is 0.371. The largest absolute Gasteiger partial charge is 0.367 e. The predicted molar refractivity (Wildman–Crippen MR) is 30.1 cm³/mol. The first-order valence-corrected chi connectivity index (χ1v) is 2.57. The highest BCUT2D eigenvalue weighted by molar-refractivity contribution is 4.39. The smallest absolute Gasteiger partial charge is 0.104 e. The van der Waals surface area contributed by atoms with E-state index in [9.17, 15) is 0 Å². The van der Waals surface area contributed by atoms with Crippen molar-refractivity contribution in [3.63, 3.8) is 0 Å². The molecule has 0 aliphatic heterocycles. The van der Waals surface area contributed by atoms with Crippen LogP contribution in [0, 0.1) is 0 Å². The van der Waals surface area contributed by atoms with Crippen molar-refractivity contribution in [2.75, 3.05) is 13.7 Å². The van der Waals surface area contributed by atoms with Crippen molar-refractivity contribution >= 4 is 0 Å². The van der Waals surface area contributed by atoms with Gasteiger partial charge in [0.1, 0.15) is 6.23 Å². The van der Waals surface area contributed by atoms with Crippen LogP contribution >= 0.6 is 0 Å². The van der Waals surface area contributed by atoms with Crippen LogP contribution in [0.4, 0.5) is 0 Å². The molecule has 1 atom stereocenters. The quantitative estimate of drug-likeness (QED) is 0.528. The average Bonchev–Trinajstić information content (AvgIpc) is 1.68. The van der Waals surface area contributed by atoms with Crippen LogP contribution in [0.25, 0.3) is 0 Å². The Kier molecular flexibility index (Phi) is 4.04. The van der Waals surface area contributed by atoms with E-state index in [0.717, 1.165) is 6.54 Å². The van der Waals surface area contributed by atoms with Crippen molar-refractivity contribution in [3.8, 4) is 0 Å². The first-order chi connectivity index (χ1) is 3.31. The molecule has 7 heavy (non-hydrogen) atoms. The summed E-state index contributed by atoms with van der Waals surface area (Å²) >= 11 is 0. The number of rotatable bonds is 3. The van der Waals surface area contributed by atoms with E-state index in [-0.39, 0.29) is 6.23 Å². The maximum Gasteiger partial charge on any atom is 0.104 e. The molecule has 0 radical (unpaired) electrons. The van der Waals surface area contributed by atoms with E-state index in [4.69, 9.17) is 4.74 Å². The molecule has 0 aromatic rings. The van der Waals surface area contributed by atoms with E-state index >= 15 is 0 Å². The standard InChI is InChI=1S/C5H13NO/c1-4-6-5(2)7-3/h5-6H,4H2,1-3H3. The maximum absolute atomic E-state index is 4.88. The topological polar surface area (TPSA) is 21.3 Å². The molecular formula is C5H13NO. The van der Waals surface area contributed by atoms with Crippen molar-refractivity contribution in [2.24, 2.45) is 0 Å². The Morgan fingerprint density at radius 1 is 1.71 bits per heavy atom. The highest BCUT2D eigenvalue weighted by atomic mass is 16.5. The number of hydrogen-bond donors (Lipinski definition) is 1. The molecule has 0 saturated carbocycles. The molecule has 1 N–H and O–H groups in total. The molecule has 44 valence electrons. The molecule has 0 bridgehead atoms. The Hall–Kier alpha value is -0.0800. The minimum Gasteiger partial charge on any atom is -0.367 e. The van der Waals surface area contributed by atoms with Crippen LogP contribution in [-0.4, -0.2) is 19.9 Å². The Bertz CT molecular complexity index is 39.1. The number of hydrogen-bond acceptors (Lipinski definition) is 2. The Morgan fingerprint density at radius 2 is 2.29 bits per heavy atom. The first-order valence-electron chi connectivity index (χ1n) is 2.57. The summed E-state index contributed by atoms with van der Waals surface area (Å²) in [5.74, 6) is 0. The number of ether oxygens (including phenoxy) is 1. The summed E-state index contributed by atoms with van der Waals surface area (Å²) in [6, 6.07) is 0. The minimum absolute atomic E-state index is 0.199. The van der Waals surface area contributed by atoms with Crippen LogP contribution in [0.3, 0.4) is 0 Å². The molecule has 1 unspecified atom stereocenters. The number of methoxy groups -OCH3 is 1. The minimum atomic E-state index is 0.199. The molecule has 0 spiro atoms. The van der Waals surface area contributed by atoms with E-state index in [1.165, 1.54) is 0 Å². The molecule has 0 heterocycles. The van der Waals surface area contributed by atoms with Crippen molar-refractivity contribution in [1.82, 2.24) is 5.32 Å². The van der Waals surface area contributed by atoms with Gasteiger partial charge >= 0.3 is 0 Å². The average molecular weight is 103 g/mol. The van der Waals surface area contributed by atoms with Gasteiger partial charge in [-0.3, -0.25) is 5.32 Å². The molecule has 0 amide bonds. The van der Waals surface area contributed by atoms with Crippen LogP contribution in [-0.2, 0) is 4.74 Å². The third kappa shape index (κ3) is 3.76. The lowest BCUT2D eigenvalue weighted by Crippen LogP contribution is -2.26. The van der Waals surface area contributed by atoms with Crippen molar-refractivity contribution in [1.29, 1.82) is 0 Å².